The summed E-state index contributed by atoms with van der Waals surface area (Å²) in [5.74, 6) is -0.0882. The summed E-state index contributed by atoms with van der Waals surface area (Å²) in [5, 5.41) is 11.7. The number of amides is 2. The van der Waals surface area contributed by atoms with Crippen molar-refractivity contribution in [3.63, 3.8) is 0 Å². The highest BCUT2D eigenvalue weighted by Crippen LogP contribution is 2.21. The lowest BCUT2D eigenvalue weighted by atomic mass is 9.99. The van der Waals surface area contributed by atoms with Crippen LogP contribution in [0.25, 0.3) is 0 Å². The summed E-state index contributed by atoms with van der Waals surface area (Å²) >= 11 is 1.33. The van der Waals surface area contributed by atoms with Crippen LogP contribution in [0.5, 0.6) is 0 Å². The summed E-state index contributed by atoms with van der Waals surface area (Å²) in [6.07, 6.45) is 4.79. The summed E-state index contributed by atoms with van der Waals surface area (Å²) in [7, 11) is 0. The average Bonchev–Trinajstić information content (AvgIpc) is 2.89. The number of rotatable bonds is 5. The quantitative estimate of drug-likeness (QED) is 0.906. The average molecular weight is 310 g/mol. The van der Waals surface area contributed by atoms with Crippen molar-refractivity contribution in [1.82, 2.24) is 15.1 Å². The molecule has 7 heteroatoms. The van der Waals surface area contributed by atoms with Crippen LogP contribution in [0.1, 0.15) is 50.5 Å². The van der Waals surface area contributed by atoms with Crippen molar-refractivity contribution in [1.29, 1.82) is 0 Å². The van der Waals surface area contributed by atoms with E-state index in [4.69, 9.17) is 0 Å². The summed E-state index contributed by atoms with van der Waals surface area (Å²) in [5.41, 5.74) is 0. The predicted molar refractivity (Wildman–Crippen MR) is 82.2 cm³/mol. The monoisotopic (exact) mass is 310 g/mol. The molecule has 1 fully saturated rings. The van der Waals surface area contributed by atoms with E-state index in [0.717, 1.165) is 30.8 Å². The minimum atomic E-state index is -0.176. The number of hydrogen-bond acceptors (Lipinski definition) is 5. The lowest BCUT2D eigenvalue weighted by Gasteiger charge is -2.35. The fourth-order valence-corrected chi connectivity index (χ4v) is 3.25. The Morgan fingerprint density at radius 2 is 2.14 bits per heavy atom. The second-order valence-corrected chi connectivity index (χ2v) is 6.50. The van der Waals surface area contributed by atoms with E-state index in [1.54, 1.807) is 0 Å². The Labute approximate surface area is 128 Å². The fraction of sp³-hybridized carbons (Fsp3) is 0.714. The van der Waals surface area contributed by atoms with Gasteiger partial charge in [0.2, 0.25) is 16.9 Å². The molecule has 0 unspecified atom stereocenters. The van der Waals surface area contributed by atoms with Crippen LogP contribution in [0.15, 0.2) is 0 Å². The number of aryl methyl sites for hydroxylation is 1. The minimum absolute atomic E-state index is 0.0881. The van der Waals surface area contributed by atoms with Gasteiger partial charge in [0.15, 0.2) is 0 Å². The van der Waals surface area contributed by atoms with E-state index in [1.165, 1.54) is 17.8 Å². The van der Waals surface area contributed by atoms with Gasteiger partial charge in [0, 0.05) is 25.4 Å². The number of nitrogens with zero attached hydrogens (tertiary/aromatic N) is 3. The molecule has 0 saturated carbocycles. The first-order valence-electron chi connectivity index (χ1n) is 7.49. The molecule has 1 aliphatic rings. The van der Waals surface area contributed by atoms with Crippen LogP contribution in [0.4, 0.5) is 5.13 Å². The number of piperidine rings is 1. The molecule has 116 valence electrons. The smallest absolute Gasteiger partial charge is 0.226 e. The van der Waals surface area contributed by atoms with Gasteiger partial charge in [-0.15, -0.1) is 10.2 Å². The zero-order valence-corrected chi connectivity index (χ0v) is 13.4. The first-order chi connectivity index (χ1) is 10.1. The molecule has 2 heterocycles. The van der Waals surface area contributed by atoms with Crippen LogP contribution in [-0.4, -0.2) is 39.5 Å². The molecule has 1 aliphatic heterocycles. The Hall–Kier alpha value is -1.50. The van der Waals surface area contributed by atoms with E-state index in [1.807, 2.05) is 11.8 Å². The SMILES string of the molecule is CC[C@H]1CCCCN1C(=O)CCC(=O)Nc1nnc(C)s1. The molecule has 0 spiro atoms. The van der Waals surface area contributed by atoms with Gasteiger partial charge in [-0.1, -0.05) is 18.3 Å². The zero-order valence-electron chi connectivity index (χ0n) is 12.6. The molecule has 1 atom stereocenters. The van der Waals surface area contributed by atoms with Crippen LogP contribution in [0, 0.1) is 6.92 Å². The molecule has 6 nitrogen and oxygen atoms in total. The lowest BCUT2D eigenvalue weighted by Crippen LogP contribution is -2.43. The lowest BCUT2D eigenvalue weighted by molar-refractivity contribution is -0.136. The number of nitrogens with one attached hydrogen (secondary N) is 1. The molecule has 0 aliphatic carbocycles. The van der Waals surface area contributed by atoms with Crippen molar-refractivity contribution in [2.24, 2.45) is 0 Å². The Balaban J connectivity index is 1.78. The maximum absolute atomic E-state index is 12.2. The molecule has 1 aromatic heterocycles. The van der Waals surface area contributed by atoms with Gasteiger partial charge >= 0.3 is 0 Å². The molecule has 0 bridgehead atoms. The first kappa shape index (κ1) is 15.9. The predicted octanol–water partition coefficient (Wildman–Crippen LogP) is 2.36. The van der Waals surface area contributed by atoms with Crippen LogP contribution >= 0.6 is 11.3 Å². The number of hydrogen-bond donors (Lipinski definition) is 1. The van der Waals surface area contributed by atoms with Gasteiger partial charge in [-0.05, 0) is 32.6 Å². The topological polar surface area (TPSA) is 75.2 Å². The number of aromatic nitrogens is 2. The minimum Gasteiger partial charge on any atom is -0.340 e. The third-order valence-corrected chi connectivity index (χ3v) is 4.51. The van der Waals surface area contributed by atoms with Gasteiger partial charge in [-0.3, -0.25) is 9.59 Å². The highest BCUT2D eigenvalue weighted by molar-refractivity contribution is 7.15. The molecule has 1 aromatic rings. The van der Waals surface area contributed by atoms with E-state index in [0.29, 0.717) is 11.2 Å². The molecule has 0 radical (unpaired) electrons. The number of carbonyl (C=O) groups excluding carboxylic acids is 2. The fourth-order valence-electron chi connectivity index (χ4n) is 2.65. The van der Waals surface area contributed by atoms with E-state index < -0.39 is 0 Å². The van der Waals surface area contributed by atoms with E-state index >= 15 is 0 Å². The zero-order chi connectivity index (χ0) is 15.2. The third-order valence-electron chi connectivity index (χ3n) is 3.76. The van der Waals surface area contributed by atoms with Crippen molar-refractivity contribution < 1.29 is 9.59 Å². The largest absolute Gasteiger partial charge is 0.340 e. The van der Waals surface area contributed by atoms with Gasteiger partial charge in [-0.2, -0.15) is 0 Å². The Morgan fingerprint density at radius 1 is 1.33 bits per heavy atom. The van der Waals surface area contributed by atoms with E-state index in [-0.39, 0.29) is 24.7 Å². The van der Waals surface area contributed by atoms with Gasteiger partial charge in [0.1, 0.15) is 5.01 Å². The van der Waals surface area contributed by atoms with Crippen LogP contribution in [0.3, 0.4) is 0 Å². The molecule has 2 amide bonds. The molecule has 21 heavy (non-hydrogen) atoms. The van der Waals surface area contributed by atoms with Gasteiger partial charge in [-0.25, -0.2) is 0 Å². The highest BCUT2D eigenvalue weighted by atomic mass is 32.1. The van der Waals surface area contributed by atoms with Crippen LogP contribution in [-0.2, 0) is 9.59 Å². The van der Waals surface area contributed by atoms with Crippen LogP contribution < -0.4 is 5.32 Å². The van der Waals surface area contributed by atoms with Gasteiger partial charge in [0.05, 0.1) is 0 Å². The molecule has 0 aromatic carbocycles. The third kappa shape index (κ3) is 4.49. The molecule has 1 saturated heterocycles. The first-order valence-corrected chi connectivity index (χ1v) is 8.31. The summed E-state index contributed by atoms with van der Waals surface area (Å²) < 4.78 is 0. The maximum atomic E-state index is 12.2. The molecular weight excluding hydrogens is 288 g/mol. The Morgan fingerprint density at radius 3 is 2.81 bits per heavy atom. The van der Waals surface area contributed by atoms with Crippen molar-refractivity contribution in [3.8, 4) is 0 Å². The van der Waals surface area contributed by atoms with Crippen molar-refractivity contribution in [3.05, 3.63) is 5.01 Å². The highest BCUT2D eigenvalue weighted by Gasteiger charge is 2.25. The second-order valence-electron chi connectivity index (χ2n) is 5.32. The number of carbonyl (C=O) groups is 2. The standard InChI is InChI=1S/C14H22N4O2S/c1-3-11-6-4-5-9-18(11)13(20)8-7-12(19)15-14-17-16-10(2)21-14/h11H,3-9H2,1-2H3,(H,15,17,19)/t11-/m0/s1. The van der Waals surface area contributed by atoms with E-state index in [2.05, 4.69) is 22.4 Å². The Kier molecular flexibility index (Phi) is 5.67. The van der Waals surface area contributed by atoms with E-state index in [9.17, 15) is 9.59 Å². The molecular formula is C14H22N4O2S. The molecule has 1 N–H and O–H groups in total. The second kappa shape index (κ2) is 7.49. The normalized spacial score (nSPS) is 18.6. The Bertz CT molecular complexity index is 503. The van der Waals surface area contributed by atoms with Crippen molar-refractivity contribution in [2.75, 3.05) is 11.9 Å². The molecule has 2 rings (SSSR count). The number of likely N-dealkylation sites (tertiary alicyclic amines) is 1. The number of anilines is 1. The van der Waals surface area contributed by atoms with Crippen molar-refractivity contribution in [2.45, 2.75) is 58.4 Å². The maximum Gasteiger partial charge on any atom is 0.226 e. The van der Waals surface area contributed by atoms with Gasteiger partial charge in [0.25, 0.3) is 0 Å². The van der Waals surface area contributed by atoms with Gasteiger partial charge < -0.3 is 10.2 Å². The van der Waals surface area contributed by atoms with Crippen LogP contribution in [0.2, 0.25) is 0 Å². The van der Waals surface area contributed by atoms with Crippen molar-refractivity contribution >= 4 is 28.3 Å². The summed E-state index contributed by atoms with van der Waals surface area (Å²) in [6.45, 7) is 4.77. The summed E-state index contributed by atoms with van der Waals surface area (Å²) in [4.78, 5) is 26.0. The summed E-state index contributed by atoms with van der Waals surface area (Å²) in [6, 6.07) is 0.347.